The van der Waals surface area contributed by atoms with E-state index in [1.165, 1.54) is 0 Å². The second kappa shape index (κ2) is 5.70. The average Bonchev–Trinajstić information content (AvgIpc) is 2.42. The SMILES string of the molecule is CC(C#N)Oc1ccc(-c2ccccc2)cc1Br. The Morgan fingerprint density at radius 1 is 1.11 bits per heavy atom. The van der Waals surface area contributed by atoms with Crippen molar-refractivity contribution in [1.82, 2.24) is 0 Å². The molecule has 2 nitrogen and oxygen atoms in total. The number of rotatable bonds is 3. The Hall–Kier alpha value is -1.79. The van der Waals surface area contributed by atoms with E-state index in [-0.39, 0.29) is 0 Å². The molecule has 0 fully saturated rings. The lowest BCUT2D eigenvalue weighted by Gasteiger charge is -2.11. The highest BCUT2D eigenvalue weighted by Gasteiger charge is 2.07. The van der Waals surface area contributed by atoms with Crippen LogP contribution < -0.4 is 4.74 Å². The largest absolute Gasteiger partial charge is 0.475 e. The first-order valence-corrected chi connectivity index (χ1v) is 6.41. The molecule has 0 heterocycles. The number of nitriles is 1. The molecule has 0 aliphatic heterocycles. The van der Waals surface area contributed by atoms with Gasteiger partial charge in [-0.15, -0.1) is 0 Å². The van der Waals surface area contributed by atoms with Crippen molar-refractivity contribution in [2.75, 3.05) is 0 Å². The van der Waals surface area contributed by atoms with Crippen LogP contribution in [0, 0.1) is 11.3 Å². The lowest BCUT2D eigenvalue weighted by Crippen LogP contribution is -2.08. The van der Waals surface area contributed by atoms with Gasteiger partial charge in [-0.05, 0) is 46.1 Å². The number of hydrogen-bond acceptors (Lipinski definition) is 2. The van der Waals surface area contributed by atoms with Gasteiger partial charge >= 0.3 is 0 Å². The van der Waals surface area contributed by atoms with Crippen molar-refractivity contribution in [3.8, 4) is 22.9 Å². The predicted octanol–water partition coefficient (Wildman–Crippen LogP) is 4.41. The number of hydrogen-bond donors (Lipinski definition) is 0. The lowest BCUT2D eigenvalue weighted by molar-refractivity contribution is 0.275. The van der Waals surface area contributed by atoms with Crippen LogP contribution in [0.3, 0.4) is 0 Å². The molecule has 0 aromatic heterocycles. The van der Waals surface area contributed by atoms with Crippen molar-refractivity contribution >= 4 is 15.9 Å². The van der Waals surface area contributed by atoms with Crippen molar-refractivity contribution < 1.29 is 4.74 Å². The molecular formula is C15H12BrNO. The predicted molar refractivity (Wildman–Crippen MR) is 75.3 cm³/mol. The molecule has 2 aromatic rings. The van der Waals surface area contributed by atoms with Gasteiger partial charge in [-0.1, -0.05) is 36.4 Å². The van der Waals surface area contributed by atoms with Crippen molar-refractivity contribution in [3.63, 3.8) is 0 Å². The van der Waals surface area contributed by atoms with Crippen molar-refractivity contribution in [1.29, 1.82) is 5.26 Å². The van der Waals surface area contributed by atoms with E-state index in [9.17, 15) is 0 Å². The van der Waals surface area contributed by atoms with E-state index in [0.717, 1.165) is 15.6 Å². The number of ether oxygens (including phenoxy) is 1. The summed E-state index contributed by atoms with van der Waals surface area (Å²) in [6.45, 7) is 1.72. The Labute approximate surface area is 115 Å². The van der Waals surface area contributed by atoms with Gasteiger partial charge in [0.1, 0.15) is 11.8 Å². The van der Waals surface area contributed by atoms with Crippen molar-refractivity contribution in [2.24, 2.45) is 0 Å². The van der Waals surface area contributed by atoms with Gasteiger partial charge < -0.3 is 4.74 Å². The molecule has 0 radical (unpaired) electrons. The fourth-order valence-corrected chi connectivity index (χ4v) is 2.10. The van der Waals surface area contributed by atoms with E-state index in [4.69, 9.17) is 10.00 Å². The summed E-state index contributed by atoms with van der Waals surface area (Å²) in [6, 6.07) is 18.0. The minimum absolute atomic E-state index is 0.455. The van der Waals surface area contributed by atoms with Crippen LogP contribution in [-0.4, -0.2) is 6.10 Å². The number of benzene rings is 2. The molecule has 1 unspecified atom stereocenters. The Balaban J connectivity index is 2.29. The maximum atomic E-state index is 8.73. The Kier molecular flexibility index (Phi) is 4.01. The summed E-state index contributed by atoms with van der Waals surface area (Å²) in [6.07, 6.45) is -0.455. The maximum Gasteiger partial charge on any atom is 0.181 e. The Bertz CT molecular complexity index is 575. The number of nitrogens with zero attached hydrogens (tertiary/aromatic N) is 1. The second-order valence-corrected chi connectivity index (χ2v) is 4.75. The quantitative estimate of drug-likeness (QED) is 0.841. The van der Waals surface area contributed by atoms with E-state index >= 15 is 0 Å². The van der Waals surface area contributed by atoms with Gasteiger partial charge in [-0.3, -0.25) is 0 Å². The fourth-order valence-electron chi connectivity index (χ4n) is 1.62. The van der Waals surface area contributed by atoms with Crippen LogP contribution in [0.5, 0.6) is 5.75 Å². The Morgan fingerprint density at radius 3 is 2.44 bits per heavy atom. The zero-order valence-corrected chi connectivity index (χ0v) is 11.5. The van der Waals surface area contributed by atoms with Crippen LogP contribution in [0.2, 0.25) is 0 Å². The zero-order valence-electron chi connectivity index (χ0n) is 9.93. The number of halogens is 1. The molecule has 2 aromatic carbocycles. The summed E-state index contributed by atoms with van der Waals surface area (Å²) in [4.78, 5) is 0. The van der Waals surface area contributed by atoms with E-state index < -0.39 is 6.10 Å². The summed E-state index contributed by atoms with van der Waals surface area (Å²) in [5.41, 5.74) is 2.26. The van der Waals surface area contributed by atoms with Gasteiger partial charge in [0.2, 0.25) is 0 Å². The Morgan fingerprint density at radius 2 is 1.83 bits per heavy atom. The van der Waals surface area contributed by atoms with Crippen LogP contribution in [0.15, 0.2) is 53.0 Å². The van der Waals surface area contributed by atoms with E-state index in [1.54, 1.807) is 6.92 Å². The van der Waals surface area contributed by atoms with E-state index in [0.29, 0.717) is 5.75 Å². The van der Waals surface area contributed by atoms with Crippen LogP contribution in [0.25, 0.3) is 11.1 Å². The van der Waals surface area contributed by atoms with Crippen LogP contribution in [0.1, 0.15) is 6.92 Å². The minimum Gasteiger partial charge on any atom is -0.475 e. The third kappa shape index (κ3) is 2.91. The molecule has 0 N–H and O–H groups in total. The van der Waals surface area contributed by atoms with Crippen molar-refractivity contribution in [2.45, 2.75) is 13.0 Å². The molecule has 0 amide bonds. The standard InChI is InChI=1S/C15H12BrNO/c1-11(10-17)18-15-8-7-13(9-14(15)16)12-5-3-2-4-6-12/h2-9,11H,1H3. The van der Waals surface area contributed by atoms with Crippen LogP contribution in [0.4, 0.5) is 0 Å². The highest BCUT2D eigenvalue weighted by atomic mass is 79.9. The molecule has 0 saturated heterocycles. The maximum absolute atomic E-state index is 8.73. The van der Waals surface area contributed by atoms with Crippen molar-refractivity contribution in [3.05, 3.63) is 53.0 Å². The van der Waals surface area contributed by atoms with Gasteiger partial charge in [0.05, 0.1) is 4.47 Å². The zero-order chi connectivity index (χ0) is 13.0. The van der Waals surface area contributed by atoms with Gasteiger partial charge in [0.15, 0.2) is 6.10 Å². The molecule has 0 spiro atoms. The first-order chi connectivity index (χ1) is 8.70. The molecule has 3 heteroatoms. The van der Waals surface area contributed by atoms with Crippen LogP contribution >= 0.6 is 15.9 Å². The highest BCUT2D eigenvalue weighted by Crippen LogP contribution is 2.31. The average molecular weight is 302 g/mol. The molecule has 0 bridgehead atoms. The summed E-state index contributed by atoms with van der Waals surface area (Å²) >= 11 is 3.47. The third-order valence-electron chi connectivity index (χ3n) is 2.52. The summed E-state index contributed by atoms with van der Waals surface area (Å²) in [5.74, 6) is 0.684. The highest BCUT2D eigenvalue weighted by molar-refractivity contribution is 9.10. The molecule has 2 rings (SSSR count). The fraction of sp³-hybridized carbons (Fsp3) is 0.133. The minimum atomic E-state index is -0.455. The third-order valence-corrected chi connectivity index (χ3v) is 3.14. The van der Waals surface area contributed by atoms with E-state index in [2.05, 4.69) is 28.1 Å². The molecule has 18 heavy (non-hydrogen) atoms. The molecule has 90 valence electrons. The van der Waals surface area contributed by atoms with Gasteiger partial charge in [-0.25, -0.2) is 0 Å². The molecule has 0 saturated carbocycles. The van der Waals surface area contributed by atoms with E-state index in [1.807, 2.05) is 42.5 Å². The van der Waals surface area contributed by atoms with Gasteiger partial charge in [0.25, 0.3) is 0 Å². The van der Waals surface area contributed by atoms with Gasteiger partial charge in [-0.2, -0.15) is 5.26 Å². The first kappa shape index (κ1) is 12.7. The summed E-state index contributed by atoms with van der Waals surface area (Å²) < 4.78 is 6.33. The first-order valence-electron chi connectivity index (χ1n) is 5.62. The smallest absolute Gasteiger partial charge is 0.181 e. The summed E-state index contributed by atoms with van der Waals surface area (Å²) in [7, 11) is 0. The molecular weight excluding hydrogens is 290 g/mol. The lowest BCUT2D eigenvalue weighted by atomic mass is 10.1. The molecule has 0 aliphatic rings. The normalized spacial score (nSPS) is 11.6. The second-order valence-electron chi connectivity index (χ2n) is 3.90. The monoisotopic (exact) mass is 301 g/mol. The molecule has 1 atom stereocenters. The van der Waals surface area contributed by atoms with Crippen LogP contribution in [-0.2, 0) is 0 Å². The topological polar surface area (TPSA) is 33.0 Å². The molecule has 0 aliphatic carbocycles. The summed E-state index contributed by atoms with van der Waals surface area (Å²) in [5, 5.41) is 8.73. The van der Waals surface area contributed by atoms with Gasteiger partial charge in [0, 0.05) is 0 Å².